The van der Waals surface area contributed by atoms with Crippen molar-refractivity contribution in [2.75, 3.05) is 6.54 Å². The number of hydrogen-bond acceptors (Lipinski definition) is 3. The minimum absolute atomic E-state index is 0.329. The molecular formula is C11H16N2O. The van der Waals surface area contributed by atoms with E-state index in [-0.39, 0.29) is 0 Å². The summed E-state index contributed by atoms with van der Waals surface area (Å²) in [5.41, 5.74) is 1.17. The fourth-order valence-electron chi connectivity index (χ4n) is 1.29. The molecule has 0 saturated heterocycles. The standard InChI is InChI=1S/C11H16N2O/c1-10(11-5-8-14-9-11)13-7-4-2-3-6-12/h5,8-10,13H,2-4,7H2,1H3. The lowest BCUT2D eigenvalue weighted by Crippen LogP contribution is -2.19. The number of unbranched alkanes of at least 4 members (excludes halogenated alkanes) is 2. The van der Waals surface area contributed by atoms with Crippen molar-refractivity contribution in [2.45, 2.75) is 32.2 Å². The van der Waals surface area contributed by atoms with Gasteiger partial charge in [-0.05, 0) is 32.4 Å². The van der Waals surface area contributed by atoms with Crippen LogP contribution < -0.4 is 5.32 Å². The van der Waals surface area contributed by atoms with E-state index in [0.29, 0.717) is 12.5 Å². The third kappa shape index (κ3) is 3.63. The maximum absolute atomic E-state index is 8.34. The summed E-state index contributed by atoms with van der Waals surface area (Å²) in [6.45, 7) is 3.06. The van der Waals surface area contributed by atoms with Gasteiger partial charge in [0.2, 0.25) is 0 Å². The molecule has 1 N–H and O–H groups in total. The highest BCUT2D eigenvalue weighted by atomic mass is 16.3. The molecule has 0 aliphatic heterocycles. The molecule has 76 valence electrons. The van der Waals surface area contributed by atoms with Gasteiger partial charge >= 0.3 is 0 Å². The summed E-state index contributed by atoms with van der Waals surface area (Å²) >= 11 is 0. The molecule has 0 aliphatic carbocycles. The van der Waals surface area contributed by atoms with Gasteiger partial charge in [0.15, 0.2) is 0 Å². The maximum Gasteiger partial charge on any atom is 0.0950 e. The Morgan fingerprint density at radius 3 is 3.07 bits per heavy atom. The Balaban J connectivity index is 2.10. The zero-order chi connectivity index (χ0) is 10.2. The number of rotatable bonds is 6. The third-order valence-corrected chi connectivity index (χ3v) is 2.21. The molecule has 0 spiro atoms. The second kappa shape index (κ2) is 6.22. The summed E-state index contributed by atoms with van der Waals surface area (Å²) in [6, 6.07) is 4.44. The van der Waals surface area contributed by atoms with Gasteiger partial charge < -0.3 is 9.73 Å². The van der Waals surface area contributed by atoms with Crippen molar-refractivity contribution < 1.29 is 4.42 Å². The number of nitrogens with zero attached hydrogens (tertiary/aromatic N) is 1. The quantitative estimate of drug-likeness (QED) is 0.705. The first kappa shape index (κ1) is 10.8. The molecular weight excluding hydrogens is 176 g/mol. The van der Waals surface area contributed by atoms with Gasteiger partial charge in [-0.3, -0.25) is 0 Å². The first-order chi connectivity index (χ1) is 6.84. The Labute approximate surface area is 84.7 Å². The molecule has 1 atom stereocenters. The van der Waals surface area contributed by atoms with Crippen molar-refractivity contribution in [2.24, 2.45) is 0 Å². The van der Waals surface area contributed by atoms with Crippen LogP contribution in [0.3, 0.4) is 0 Å². The van der Waals surface area contributed by atoms with E-state index in [0.717, 1.165) is 19.4 Å². The van der Waals surface area contributed by atoms with E-state index in [1.807, 2.05) is 6.07 Å². The van der Waals surface area contributed by atoms with E-state index in [9.17, 15) is 0 Å². The van der Waals surface area contributed by atoms with Crippen molar-refractivity contribution in [3.8, 4) is 6.07 Å². The smallest absolute Gasteiger partial charge is 0.0950 e. The van der Waals surface area contributed by atoms with Crippen LogP contribution in [0.25, 0.3) is 0 Å². The summed E-state index contributed by atoms with van der Waals surface area (Å²) in [4.78, 5) is 0. The number of furan rings is 1. The van der Waals surface area contributed by atoms with Gasteiger partial charge in [-0.25, -0.2) is 0 Å². The molecule has 1 heterocycles. The highest BCUT2D eigenvalue weighted by Crippen LogP contribution is 2.11. The largest absolute Gasteiger partial charge is 0.472 e. The molecule has 1 unspecified atom stereocenters. The zero-order valence-electron chi connectivity index (χ0n) is 8.49. The molecule has 3 heteroatoms. The van der Waals surface area contributed by atoms with Gasteiger partial charge in [-0.1, -0.05) is 0 Å². The van der Waals surface area contributed by atoms with Gasteiger partial charge in [0.05, 0.1) is 18.6 Å². The van der Waals surface area contributed by atoms with Crippen LogP contribution in [0.1, 0.15) is 37.8 Å². The van der Waals surface area contributed by atoms with Crippen LogP contribution >= 0.6 is 0 Å². The van der Waals surface area contributed by atoms with E-state index >= 15 is 0 Å². The normalized spacial score (nSPS) is 12.3. The van der Waals surface area contributed by atoms with Crippen LogP contribution in [-0.4, -0.2) is 6.54 Å². The fraction of sp³-hybridized carbons (Fsp3) is 0.545. The van der Waals surface area contributed by atoms with Gasteiger partial charge in [-0.2, -0.15) is 5.26 Å². The number of nitriles is 1. The monoisotopic (exact) mass is 192 g/mol. The molecule has 14 heavy (non-hydrogen) atoms. The Kier molecular flexibility index (Phi) is 4.81. The van der Waals surface area contributed by atoms with Gasteiger partial charge in [0, 0.05) is 18.0 Å². The summed E-state index contributed by atoms with van der Waals surface area (Å²) in [7, 11) is 0. The van der Waals surface area contributed by atoms with Crippen LogP contribution in [0.4, 0.5) is 0 Å². The van der Waals surface area contributed by atoms with E-state index < -0.39 is 0 Å². The SMILES string of the molecule is CC(NCCCCC#N)c1ccoc1. The maximum atomic E-state index is 8.34. The predicted octanol–water partition coefficient (Wildman–Crippen LogP) is 2.62. The summed E-state index contributed by atoms with van der Waals surface area (Å²) in [6.07, 6.45) is 6.12. The van der Waals surface area contributed by atoms with E-state index in [2.05, 4.69) is 18.3 Å². The molecule has 0 saturated carbocycles. The molecule has 3 nitrogen and oxygen atoms in total. The average Bonchev–Trinajstić information content (AvgIpc) is 2.70. The fourth-order valence-corrected chi connectivity index (χ4v) is 1.29. The van der Waals surface area contributed by atoms with Crippen LogP contribution in [0.15, 0.2) is 23.0 Å². The van der Waals surface area contributed by atoms with Gasteiger partial charge in [0.1, 0.15) is 0 Å². The van der Waals surface area contributed by atoms with Crippen LogP contribution in [-0.2, 0) is 0 Å². The molecule has 0 aromatic carbocycles. The van der Waals surface area contributed by atoms with Crippen molar-refractivity contribution in [3.05, 3.63) is 24.2 Å². The first-order valence-electron chi connectivity index (χ1n) is 4.97. The van der Waals surface area contributed by atoms with Crippen LogP contribution in [0.5, 0.6) is 0 Å². The summed E-state index contributed by atoms with van der Waals surface area (Å²) in [5, 5.41) is 11.7. The molecule has 0 radical (unpaired) electrons. The Morgan fingerprint density at radius 1 is 1.57 bits per heavy atom. The van der Waals surface area contributed by atoms with Gasteiger partial charge in [0.25, 0.3) is 0 Å². The molecule has 0 amide bonds. The highest BCUT2D eigenvalue weighted by molar-refractivity contribution is 5.09. The van der Waals surface area contributed by atoms with Crippen LogP contribution in [0.2, 0.25) is 0 Å². The lowest BCUT2D eigenvalue weighted by atomic mass is 10.1. The highest BCUT2D eigenvalue weighted by Gasteiger charge is 2.04. The molecule has 0 bridgehead atoms. The Morgan fingerprint density at radius 2 is 2.43 bits per heavy atom. The minimum Gasteiger partial charge on any atom is -0.472 e. The lowest BCUT2D eigenvalue weighted by Gasteiger charge is -2.10. The van der Waals surface area contributed by atoms with E-state index in [1.165, 1.54) is 5.56 Å². The van der Waals surface area contributed by atoms with Crippen molar-refractivity contribution in [1.29, 1.82) is 5.26 Å². The van der Waals surface area contributed by atoms with Crippen molar-refractivity contribution in [1.82, 2.24) is 5.32 Å². The van der Waals surface area contributed by atoms with Gasteiger partial charge in [-0.15, -0.1) is 0 Å². The second-order valence-electron chi connectivity index (χ2n) is 3.35. The molecule has 0 aliphatic rings. The van der Waals surface area contributed by atoms with Crippen molar-refractivity contribution >= 4 is 0 Å². The number of nitrogens with one attached hydrogen (secondary N) is 1. The second-order valence-corrected chi connectivity index (χ2v) is 3.35. The van der Waals surface area contributed by atoms with Crippen LogP contribution in [0, 0.1) is 11.3 Å². The minimum atomic E-state index is 0.329. The zero-order valence-corrected chi connectivity index (χ0v) is 8.49. The molecule has 0 fully saturated rings. The van der Waals surface area contributed by atoms with Crippen molar-refractivity contribution in [3.63, 3.8) is 0 Å². The van der Waals surface area contributed by atoms with E-state index in [1.54, 1.807) is 12.5 Å². The summed E-state index contributed by atoms with van der Waals surface area (Å²) in [5.74, 6) is 0. The Bertz CT molecular complexity index is 274. The topological polar surface area (TPSA) is 49.0 Å². The predicted molar refractivity (Wildman–Crippen MR) is 54.6 cm³/mol. The Hall–Kier alpha value is -1.27. The first-order valence-corrected chi connectivity index (χ1v) is 4.97. The van der Waals surface area contributed by atoms with E-state index in [4.69, 9.17) is 9.68 Å². The summed E-state index contributed by atoms with van der Waals surface area (Å²) < 4.78 is 5.00. The lowest BCUT2D eigenvalue weighted by molar-refractivity contribution is 0.528. The number of hydrogen-bond donors (Lipinski definition) is 1. The molecule has 1 aromatic rings. The molecule has 1 aromatic heterocycles. The third-order valence-electron chi connectivity index (χ3n) is 2.21. The molecule has 1 rings (SSSR count). The average molecular weight is 192 g/mol.